The molecule has 79 heavy (non-hydrogen) atoms. The van der Waals surface area contributed by atoms with Crippen LogP contribution in [-0.2, 0) is 61.9 Å². The van der Waals surface area contributed by atoms with Crippen molar-refractivity contribution in [2.45, 2.75) is 178 Å². The van der Waals surface area contributed by atoms with Crippen LogP contribution in [0.3, 0.4) is 0 Å². The Labute approximate surface area is 445 Å². The summed E-state index contributed by atoms with van der Waals surface area (Å²) in [6.07, 6.45) is -48.8. The molecule has 0 unspecified atom stereocenters. The van der Waals surface area contributed by atoms with Crippen LogP contribution >= 0.6 is 0 Å². The lowest BCUT2D eigenvalue weighted by Crippen LogP contribution is -2.71. The van der Waals surface area contributed by atoms with Gasteiger partial charge in [0.15, 0.2) is 12.6 Å². The number of aliphatic hydroxyl groups is 19. The first-order valence-corrected chi connectivity index (χ1v) is 24.1. The highest BCUT2D eigenvalue weighted by Crippen LogP contribution is 2.39. The second-order valence-corrected chi connectivity index (χ2v) is 18.9. The van der Waals surface area contributed by atoms with Crippen molar-refractivity contribution < 1.29 is 169 Å². The highest BCUT2D eigenvalue weighted by Gasteiger charge is 2.61. The van der Waals surface area contributed by atoms with Crippen LogP contribution in [0, 0.1) is 0 Å². The Bertz CT molecular complexity index is 1980. The van der Waals surface area contributed by atoms with Gasteiger partial charge in [-0.2, -0.15) is 0 Å². The van der Waals surface area contributed by atoms with Gasteiger partial charge in [-0.1, -0.05) is 0 Å². The van der Waals surface area contributed by atoms with Gasteiger partial charge >= 0.3 is 11.9 Å². The molecule has 4 rings (SSSR count). The molecule has 24 N–H and O–H groups in total. The molecule has 4 saturated heterocycles. The number of amides is 3. The van der Waals surface area contributed by atoms with Crippen molar-refractivity contribution in [2.24, 2.45) is 0 Å². The number of carbonyl (C=O) groups is 5. The number of carboxylic acid groups (broad SMARTS) is 2. The molecule has 0 aromatic heterocycles. The molecule has 4 aliphatic rings. The van der Waals surface area contributed by atoms with E-state index in [1.807, 2.05) is 10.6 Å². The van der Waals surface area contributed by atoms with E-state index in [0.717, 1.165) is 6.92 Å². The number of nitrogens with one attached hydrogen (secondary N) is 3. The van der Waals surface area contributed by atoms with Gasteiger partial charge in [-0.15, -0.1) is 0 Å². The molecule has 4 heterocycles. The van der Waals surface area contributed by atoms with E-state index in [0.29, 0.717) is 0 Å². The Kier molecular flexibility index (Phi) is 25.3. The van der Waals surface area contributed by atoms with Gasteiger partial charge in [-0.25, -0.2) is 9.59 Å². The van der Waals surface area contributed by atoms with Crippen LogP contribution < -0.4 is 16.0 Å². The Morgan fingerprint density at radius 2 is 1.11 bits per heavy atom. The summed E-state index contributed by atoms with van der Waals surface area (Å²) in [5.41, 5.74) is 0. The number of hydrogen-bond acceptors (Lipinski definition) is 32. The van der Waals surface area contributed by atoms with Gasteiger partial charge in [-0.3, -0.25) is 14.4 Å². The van der Waals surface area contributed by atoms with Gasteiger partial charge < -0.3 is 161 Å². The maximum atomic E-state index is 13.1. The fourth-order valence-corrected chi connectivity index (χ4v) is 9.13. The fourth-order valence-electron chi connectivity index (χ4n) is 9.13. The summed E-state index contributed by atoms with van der Waals surface area (Å²) in [5, 5.41) is 228. The van der Waals surface area contributed by atoms with E-state index in [4.69, 9.17) is 37.9 Å². The minimum absolute atomic E-state index is 0.907. The summed E-state index contributed by atoms with van der Waals surface area (Å²) in [6, 6.07) is -5.80. The molecule has 4 aliphatic heterocycles. The second-order valence-electron chi connectivity index (χ2n) is 18.9. The van der Waals surface area contributed by atoms with E-state index < -0.39 is 254 Å². The van der Waals surface area contributed by atoms with E-state index in [1.165, 1.54) is 0 Å². The van der Waals surface area contributed by atoms with Gasteiger partial charge in [-0.05, 0) is 0 Å². The summed E-state index contributed by atoms with van der Waals surface area (Å²) < 4.78 is 44.1. The van der Waals surface area contributed by atoms with E-state index in [2.05, 4.69) is 5.32 Å². The van der Waals surface area contributed by atoms with Gasteiger partial charge in [0.2, 0.25) is 17.7 Å². The van der Waals surface area contributed by atoms with Crippen LogP contribution in [0.25, 0.3) is 0 Å². The zero-order valence-corrected chi connectivity index (χ0v) is 41.6. The molecule has 0 aromatic rings. The zero-order valence-electron chi connectivity index (χ0n) is 41.6. The van der Waals surface area contributed by atoms with Gasteiger partial charge in [0.25, 0.3) is 11.6 Å². The van der Waals surface area contributed by atoms with Gasteiger partial charge in [0, 0.05) is 19.8 Å². The molecule has 4 fully saturated rings. The van der Waals surface area contributed by atoms with E-state index in [9.17, 15) is 131 Å². The molecule has 0 aromatic carbocycles. The summed E-state index contributed by atoms with van der Waals surface area (Å²) in [7, 11) is 0. The Morgan fingerprint density at radius 3 is 1.59 bits per heavy atom. The van der Waals surface area contributed by atoms with Gasteiger partial charge in [0.1, 0.15) is 117 Å². The molecule has 0 bridgehead atoms. The third-order valence-electron chi connectivity index (χ3n) is 13.3. The summed E-state index contributed by atoms with van der Waals surface area (Å²) >= 11 is 0. The number of carboxylic acids is 2. The van der Waals surface area contributed by atoms with Crippen LogP contribution in [0.1, 0.15) is 19.8 Å². The zero-order chi connectivity index (χ0) is 59.6. The minimum atomic E-state index is -3.37. The molecule has 37 heteroatoms. The van der Waals surface area contributed by atoms with Gasteiger partial charge in [0.05, 0.1) is 70.0 Å². The first-order valence-electron chi connectivity index (χ1n) is 24.1. The molecule has 37 nitrogen and oxygen atoms in total. The Morgan fingerprint density at radius 1 is 0.608 bits per heavy atom. The van der Waals surface area contributed by atoms with Crippen molar-refractivity contribution in [1.29, 1.82) is 0 Å². The largest absolute Gasteiger partial charge is 0.477 e. The van der Waals surface area contributed by atoms with Crippen molar-refractivity contribution in [1.82, 2.24) is 16.0 Å². The first kappa shape index (κ1) is 67.8. The molecule has 0 radical (unpaired) electrons. The van der Waals surface area contributed by atoms with Crippen LogP contribution in [-0.4, -0.2) is 348 Å². The Hall–Kier alpha value is -3.73. The molecule has 3 amide bonds. The number of hydrogen-bond donors (Lipinski definition) is 24. The quantitative estimate of drug-likeness (QED) is 0.0346. The first-order chi connectivity index (χ1) is 37.1. The van der Waals surface area contributed by atoms with Crippen molar-refractivity contribution >= 4 is 29.7 Å². The smallest absolute Gasteiger partial charge is 0.364 e. The molecule has 0 aliphatic carbocycles. The monoisotopic (exact) mass is 1160 g/mol. The number of rotatable bonds is 28. The maximum Gasteiger partial charge on any atom is 0.364 e. The number of ether oxygens (including phenoxy) is 8. The van der Waals surface area contributed by atoms with E-state index >= 15 is 0 Å². The predicted octanol–water partition coefficient (Wildman–Crippen LogP) is -15.5. The lowest BCUT2D eigenvalue weighted by Gasteiger charge is -2.49. The predicted molar refractivity (Wildman–Crippen MR) is 241 cm³/mol. The molecular weight excluding hydrogens is 1090 g/mol. The number of carbonyl (C=O) groups excluding carboxylic acids is 3. The standard InChI is InChI=1S/C42H71N3O34/c1-12(53)43-13(4-46)33(75-38-32(67)30(65)34(20(8-50)74-38)76-37-31(66)29(64)27(62)18(6-48)73-37)26(61)17(57)11-72-41(39(68)69)2-14(54)24(45-22(59)10-52)36(78-41)28(63)19(7-49)77-42(40(70)71)3-15(55)23(44-21(58)9-51)35(79-42)25(60)16(56)5-47/h13-20,23-38,46-52,54-57,60-67H,2-11H2,1H3,(H,43,53)(H,44,58)(H,45,59)(H,68,69)(H,70,71)/t13-,14-,15-,16+,17+,18+,19+,20+,23+,24+,25+,26-,27-,28+,29-,30+,31+,32+,33+,34-,35+,36+,37-,38-,41+,42+/m0/s1. The topological polar surface area (TPSA) is 620 Å². The van der Waals surface area contributed by atoms with Crippen molar-refractivity contribution in [3.8, 4) is 0 Å². The normalized spacial score (nSPS) is 38.2. The van der Waals surface area contributed by atoms with Crippen molar-refractivity contribution in [2.75, 3.05) is 52.9 Å². The lowest BCUT2D eigenvalue weighted by molar-refractivity contribution is -0.366. The second kappa shape index (κ2) is 29.5. The third-order valence-corrected chi connectivity index (χ3v) is 13.3. The molecule has 458 valence electrons. The minimum Gasteiger partial charge on any atom is -0.477 e. The van der Waals surface area contributed by atoms with Crippen LogP contribution in [0.2, 0.25) is 0 Å². The molecular formula is C42H71N3O34. The molecule has 26 atom stereocenters. The highest BCUT2D eigenvalue weighted by atomic mass is 16.8. The SMILES string of the molecule is CC(=O)N[C@@H](CO)[C@@H](O[C@@H]1O[C@H](CO)[C@H](O[C@@H]2O[C@H](CO)[C@H](O)[C@H](O)[C@H]2O)[C@H](O)[C@H]1O)[C@@H](O)[C@H](O)CO[C@]1(C(=O)O)C[C@H](O)[C@@H](NC(=O)CO)[C@H]([C@H](O)[C@@H](CO)O[C@]2(C(=O)O)C[C@H](O)[C@@H](NC(=O)CO)[C@H]([C@H](O)[C@H](O)CO)O2)O1. The highest BCUT2D eigenvalue weighted by molar-refractivity contribution is 5.79. The fraction of sp³-hybridized carbons (Fsp3) is 0.881. The molecule has 0 saturated carbocycles. The summed E-state index contributed by atoms with van der Waals surface area (Å²) in [6.45, 7) is -9.09. The average molecular weight is 1160 g/mol. The summed E-state index contributed by atoms with van der Waals surface area (Å²) in [5.74, 6) is -14.7. The van der Waals surface area contributed by atoms with E-state index in [-0.39, 0.29) is 0 Å². The van der Waals surface area contributed by atoms with Crippen LogP contribution in [0.5, 0.6) is 0 Å². The van der Waals surface area contributed by atoms with Crippen LogP contribution in [0.4, 0.5) is 0 Å². The lowest BCUT2D eigenvalue weighted by atomic mass is 9.87. The average Bonchev–Trinajstić information content (AvgIpc) is 3.42. The molecule has 0 spiro atoms. The number of aliphatic hydroxyl groups excluding tert-OH is 19. The van der Waals surface area contributed by atoms with E-state index in [1.54, 1.807) is 0 Å². The number of aliphatic carboxylic acids is 2. The summed E-state index contributed by atoms with van der Waals surface area (Å²) in [4.78, 5) is 63.0. The van der Waals surface area contributed by atoms with Crippen molar-refractivity contribution in [3.05, 3.63) is 0 Å². The third kappa shape index (κ3) is 15.7. The Balaban J connectivity index is 1.65. The maximum absolute atomic E-state index is 13.1. The van der Waals surface area contributed by atoms with Crippen molar-refractivity contribution in [3.63, 3.8) is 0 Å². The van der Waals surface area contributed by atoms with Crippen LogP contribution in [0.15, 0.2) is 0 Å².